The lowest BCUT2D eigenvalue weighted by Gasteiger charge is -2.32. The zero-order valence-corrected chi connectivity index (χ0v) is 21.6. The zero-order valence-electron chi connectivity index (χ0n) is 20.1. The van der Waals surface area contributed by atoms with Crippen LogP contribution >= 0.6 is 23.2 Å². The summed E-state index contributed by atoms with van der Waals surface area (Å²) in [5.74, 6) is 0.352. The van der Waals surface area contributed by atoms with Crippen LogP contribution in [0.5, 0.6) is 0 Å². The number of hydrogen-bond acceptors (Lipinski definition) is 4. The van der Waals surface area contributed by atoms with Gasteiger partial charge in [0, 0.05) is 66.9 Å². The predicted molar refractivity (Wildman–Crippen MR) is 144 cm³/mol. The minimum absolute atomic E-state index is 0.0240. The van der Waals surface area contributed by atoms with Gasteiger partial charge in [0.2, 0.25) is 0 Å². The molecule has 0 amide bonds. The first-order chi connectivity index (χ1) is 17.5. The molecule has 1 atom stereocenters. The predicted octanol–water partition coefficient (Wildman–Crippen LogP) is 5.27. The van der Waals surface area contributed by atoms with Crippen molar-refractivity contribution >= 4 is 28.8 Å². The van der Waals surface area contributed by atoms with Crippen molar-refractivity contribution in [1.29, 1.82) is 0 Å². The second-order valence-corrected chi connectivity index (χ2v) is 10.9. The lowest BCUT2D eigenvalue weighted by Crippen LogP contribution is -2.36. The van der Waals surface area contributed by atoms with Crippen molar-refractivity contribution in [3.05, 3.63) is 103 Å². The summed E-state index contributed by atoms with van der Waals surface area (Å²) in [7, 11) is 0. The molecule has 4 heterocycles. The molecule has 1 fully saturated rings. The summed E-state index contributed by atoms with van der Waals surface area (Å²) in [6.45, 7) is 5.23. The van der Waals surface area contributed by atoms with Gasteiger partial charge in [0.15, 0.2) is 5.65 Å². The van der Waals surface area contributed by atoms with E-state index in [0.29, 0.717) is 12.5 Å². The molecule has 0 radical (unpaired) electrons. The Kier molecular flexibility index (Phi) is 6.61. The largest absolute Gasteiger partial charge is 0.298 e. The molecule has 186 valence electrons. The molecule has 0 spiro atoms. The van der Waals surface area contributed by atoms with E-state index in [9.17, 15) is 4.79 Å². The van der Waals surface area contributed by atoms with Crippen molar-refractivity contribution < 1.29 is 0 Å². The molecule has 2 aromatic heterocycles. The number of nitrogens with one attached hydrogen (secondary N) is 1. The number of hydrogen-bond donors (Lipinski definition) is 1. The number of halogens is 2. The van der Waals surface area contributed by atoms with E-state index in [1.165, 1.54) is 11.1 Å². The van der Waals surface area contributed by atoms with Gasteiger partial charge >= 0.3 is 0 Å². The summed E-state index contributed by atoms with van der Waals surface area (Å²) in [5, 5.41) is 4.91. The van der Waals surface area contributed by atoms with Crippen LogP contribution < -0.4 is 5.56 Å². The molecule has 0 saturated carbocycles. The van der Waals surface area contributed by atoms with E-state index in [1.807, 2.05) is 36.4 Å². The maximum Gasteiger partial charge on any atom is 0.277 e. The highest BCUT2D eigenvalue weighted by Gasteiger charge is 2.26. The van der Waals surface area contributed by atoms with E-state index >= 15 is 0 Å². The van der Waals surface area contributed by atoms with Gasteiger partial charge in [-0.3, -0.25) is 19.7 Å². The van der Waals surface area contributed by atoms with Crippen molar-refractivity contribution in [3.63, 3.8) is 0 Å². The maximum atomic E-state index is 13.5. The van der Waals surface area contributed by atoms with Crippen LogP contribution in [0, 0.1) is 0 Å². The number of H-pyrrole nitrogens is 1. The van der Waals surface area contributed by atoms with Crippen LogP contribution in [0.2, 0.25) is 10.0 Å². The molecule has 4 aromatic rings. The molecular weight excluding hydrogens is 493 g/mol. The first kappa shape index (κ1) is 23.7. The highest BCUT2D eigenvalue weighted by molar-refractivity contribution is 6.30. The van der Waals surface area contributed by atoms with E-state index in [-0.39, 0.29) is 5.56 Å². The summed E-state index contributed by atoms with van der Waals surface area (Å²) in [6.07, 6.45) is 3.02. The van der Waals surface area contributed by atoms with E-state index < -0.39 is 0 Å². The highest BCUT2D eigenvalue weighted by Crippen LogP contribution is 2.28. The minimum Gasteiger partial charge on any atom is -0.298 e. The number of nitrogens with zero attached hydrogens (tertiary/aromatic N) is 4. The second kappa shape index (κ2) is 10.0. The van der Waals surface area contributed by atoms with Gasteiger partial charge < -0.3 is 0 Å². The number of fused-ring (bicyclic) bond motifs is 2. The lowest BCUT2D eigenvalue weighted by molar-refractivity contribution is 0.198. The van der Waals surface area contributed by atoms with Crippen molar-refractivity contribution in [2.45, 2.75) is 44.8 Å². The third kappa shape index (κ3) is 4.96. The number of benzene rings is 2. The third-order valence-electron chi connectivity index (χ3n) is 7.44. The fourth-order valence-electron chi connectivity index (χ4n) is 5.55. The van der Waals surface area contributed by atoms with Crippen LogP contribution in [0.25, 0.3) is 5.65 Å². The fourth-order valence-corrected chi connectivity index (χ4v) is 5.80. The molecule has 36 heavy (non-hydrogen) atoms. The SMILES string of the molecule is O=c1c2c(nc3cc(C4CCCN(Cc5ccc(Cl)cc5)C4)[nH]n13)CCN(Cc1ccc(Cl)cc1)C2. The number of rotatable bonds is 5. The number of likely N-dealkylation sites (tertiary alicyclic amines) is 1. The molecular formula is C28H29Cl2N5O. The molecule has 6 nitrogen and oxygen atoms in total. The number of aromatic nitrogens is 3. The Morgan fingerprint density at radius 1 is 0.917 bits per heavy atom. The Balaban J connectivity index is 1.20. The normalized spacial score (nSPS) is 19.0. The van der Waals surface area contributed by atoms with Crippen molar-refractivity contribution in [2.24, 2.45) is 0 Å². The van der Waals surface area contributed by atoms with Gasteiger partial charge in [-0.2, -0.15) is 0 Å². The van der Waals surface area contributed by atoms with E-state index in [2.05, 4.69) is 33.1 Å². The molecule has 2 aliphatic rings. The molecule has 0 bridgehead atoms. The second-order valence-electron chi connectivity index (χ2n) is 10.0. The van der Waals surface area contributed by atoms with Gasteiger partial charge in [0.05, 0.1) is 11.3 Å². The van der Waals surface area contributed by atoms with Crippen LogP contribution in [-0.2, 0) is 26.1 Å². The summed E-state index contributed by atoms with van der Waals surface area (Å²) in [5.41, 5.74) is 6.05. The Labute approximate surface area is 220 Å². The first-order valence-corrected chi connectivity index (χ1v) is 13.3. The van der Waals surface area contributed by atoms with E-state index in [0.717, 1.165) is 84.6 Å². The molecule has 8 heteroatoms. The van der Waals surface area contributed by atoms with Gasteiger partial charge in [-0.25, -0.2) is 9.50 Å². The minimum atomic E-state index is 0.0240. The Hall–Kier alpha value is -2.64. The summed E-state index contributed by atoms with van der Waals surface area (Å²) < 4.78 is 1.65. The molecule has 2 aliphatic heterocycles. The van der Waals surface area contributed by atoms with Gasteiger partial charge in [-0.05, 0) is 54.8 Å². The average molecular weight is 522 g/mol. The molecule has 2 aromatic carbocycles. The van der Waals surface area contributed by atoms with Gasteiger partial charge in [-0.15, -0.1) is 0 Å². The van der Waals surface area contributed by atoms with Crippen molar-refractivity contribution in [1.82, 2.24) is 24.4 Å². The molecule has 6 rings (SSSR count). The lowest BCUT2D eigenvalue weighted by atomic mass is 9.94. The Morgan fingerprint density at radius 2 is 1.58 bits per heavy atom. The quantitative estimate of drug-likeness (QED) is 0.388. The molecule has 1 saturated heterocycles. The standard InChI is InChI=1S/C28H29Cl2N5O/c29-22-7-3-19(4-8-22)15-33-12-1-2-21(17-33)26-14-27-31-25-11-13-34(16-20-5-9-23(30)10-6-20)18-24(25)28(36)35(27)32-26/h3-10,14,21,32H,1-2,11-13,15-18H2. The topological polar surface area (TPSA) is 56.6 Å². The number of aromatic amines is 1. The smallest absolute Gasteiger partial charge is 0.277 e. The van der Waals surface area contributed by atoms with E-state index in [4.69, 9.17) is 28.2 Å². The monoisotopic (exact) mass is 521 g/mol. The summed E-state index contributed by atoms with van der Waals surface area (Å²) >= 11 is 12.1. The molecule has 0 aliphatic carbocycles. The zero-order chi connectivity index (χ0) is 24.6. The van der Waals surface area contributed by atoms with Crippen LogP contribution in [0.15, 0.2) is 59.4 Å². The van der Waals surface area contributed by atoms with Gasteiger partial charge in [0.25, 0.3) is 5.56 Å². The van der Waals surface area contributed by atoms with Crippen molar-refractivity contribution in [2.75, 3.05) is 19.6 Å². The van der Waals surface area contributed by atoms with Crippen molar-refractivity contribution in [3.8, 4) is 0 Å². The van der Waals surface area contributed by atoms with Crippen LogP contribution in [0.4, 0.5) is 0 Å². The van der Waals surface area contributed by atoms with Gasteiger partial charge in [0.1, 0.15) is 0 Å². The highest BCUT2D eigenvalue weighted by atomic mass is 35.5. The van der Waals surface area contributed by atoms with Crippen LogP contribution in [0.3, 0.4) is 0 Å². The average Bonchev–Trinajstić information content (AvgIpc) is 3.32. The first-order valence-electron chi connectivity index (χ1n) is 12.6. The molecule has 1 unspecified atom stereocenters. The summed E-state index contributed by atoms with van der Waals surface area (Å²) in [4.78, 5) is 23.2. The summed E-state index contributed by atoms with van der Waals surface area (Å²) in [6, 6.07) is 18.1. The maximum absolute atomic E-state index is 13.5. The van der Waals surface area contributed by atoms with Gasteiger partial charge in [-0.1, -0.05) is 47.5 Å². The van der Waals surface area contributed by atoms with Crippen LogP contribution in [0.1, 0.15) is 46.8 Å². The fraction of sp³-hybridized carbons (Fsp3) is 0.357. The van der Waals surface area contributed by atoms with Crippen LogP contribution in [-0.4, -0.2) is 44.0 Å². The third-order valence-corrected chi connectivity index (χ3v) is 7.95. The Bertz CT molecular complexity index is 1430. The Morgan fingerprint density at radius 3 is 2.28 bits per heavy atom. The van der Waals surface area contributed by atoms with E-state index in [1.54, 1.807) is 4.52 Å². The number of piperidine rings is 1. The molecule has 1 N–H and O–H groups in total.